The topological polar surface area (TPSA) is 71.1 Å². The average molecular weight is 391 g/mol. The van der Waals surface area contributed by atoms with Crippen LogP contribution in [0.2, 0.25) is 0 Å². The van der Waals surface area contributed by atoms with Gasteiger partial charge in [0.05, 0.1) is 21.8 Å². The van der Waals surface area contributed by atoms with E-state index in [1.54, 1.807) is 35.6 Å². The number of hydrogen-bond acceptors (Lipinski definition) is 4. The number of rotatable bonds is 8. The third kappa shape index (κ3) is 5.66. The summed E-state index contributed by atoms with van der Waals surface area (Å²) in [5, 5.41) is 6.46. The monoisotopic (exact) mass is 391 g/mol. The quantitative estimate of drug-likeness (QED) is 0.454. The number of nitrogens with one attached hydrogen (secondary N) is 2. The molecule has 5 nitrogen and oxygen atoms in total. The SMILES string of the molecule is C#Cc1cccc(NC(=O)CNC(=O)CCCCc2nc3ccccc3s2)c1. The van der Waals surface area contributed by atoms with Crippen molar-refractivity contribution < 1.29 is 9.59 Å². The van der Waals surface area contributed by atoms with Crippen LogP contribution in [0.15, 0.2) is 48.5 Å². The zero-order valence-electron chi connectivity index (χ0n) is 15.4. The van der Waals surface area contributed by atoms with Crippen LogP contribution in [0.5, 0.6) is 0 Å². The molecule has 0 saturated heterocycles. The molecule has 0 aliphatic rings. The third-order valence-electron chi connectivity index (χ3n) is 4.14. The smallest absolute Gasteiger partial charge is 0.243 e. The van der Waals surface area contributed by atoms with Crippen LogP contribution in [0.3, 0.4) is 0 Å². The lowest BCUT2D eigenvalue weighted by atomic mass is 10.2. The van der Waals surface area contributed by atoms with E-state index in [1.807, 2.05) is 18.2 Å². The second kappa shape index (κ2) is 9.67. The number of carbonyl (C=O) groups excluding carboxylic acids is 2. The molecule has 0 aliphatic heterocycles. The maximum atomic E-state index is 11.9. The van der Waals surface area contributed by atoms with Gasteiger partial charge < -0.3 is 10.6 Å². The van der Waals surface area contributed by atoms with E-state index < -0.39 is 0 Å². The van der Waals surface area contributed by atoms with Gasteiger partial charge in [-0.05, 0) is 49.6 Å². The maximum absolute atomic E-state index is 11.9. The molecule has 0 saturated carbocycles. The largest absolute Gasteiger partial charge is 0.347 e. The highest BCUT2D eigenvalue weighted by Gasteiger charge is 2.07. The molecule has 1 aromatic heterocycles. The number of terminal acetylenes is 1. The number of benzene rings is 2. The molecule has 28 heavy (non-hydrogen) atoms. The van der Waals surface area contributed by atoms with Gasteiger partial charge in [0.25, 0.3) is 0 Å². The summed E-state index contributed by atoms with van der Waals surface area (Å²) in [6, 6.07) is 15.1. The summed E-state index contributed by atoms with van der Waals surface area (Å²) in [6.07, 6.45) is 8.24. The second-order valence-electron chi connectivity index (χ2n) is 6.33. The van der Waals surface area contributed by atoms with E-state index in [4.69, 9.17) is 6.42 Å². The first-order chi connectivity index (χ1) is 13.6. The first kappa shape index (κ1) is 19.6. The van der Waals surface area contributed by atoms with E-state index in [2.05, 4.69) is 27.6 Å². The summed E-state index contributed by atoms with van der Waals surface area (Å²) in [5.41, 5.74) is 2.33. The van der Waals surface area contributed by atoms with Gasteiger partial charge in [-0.15, -0.1) is 17.8 Å². The van der Waals surface area contributed by atoms with E-state index in [0.29, 0.717) is 17.7 Å². The van der Waals surface area contributed by atoms with Crippen molar-refractivity contribution in [1.29, 1.82) is 0 Å². The van der Waals surface area contributed by atoms with Crippen LogP contribution in [-0.4, -0.2) is 23.3 Å². The lowest BCUT2D eigenvalue weighted by Crippen LogP contribution is -2.32. The Hall–Kier alpha value is -3.17. The maximum Gasteiger partial charge on any atom is 0.243 e. The van der Waals surface area contributed by atoms with E-state index in [1.165, 1.54) is 4.70 Å². The van der Waals surface area contributed by atoms with Crippen molar-refractivity contribution in [1.82, 2.24) is 10.3 Å². The second-order valence-corrected chi connectivity index (χ2v) is 7.45. The molecule has 2 N–H and O–H groups in total. The van der Waals surface area contributed by atoms with Crippen LogP contribution in [0.1, 0.15) is 29.8 Å². The molecule has 142 valence electrons. The summed E-state index contributed by atoms with van der Waals surface area (Å²) in [5.74, 6) is 2.11. The van der Waals surface area contributed by atoms with E-state index in [-0.39, 0.29) is 18.4 Å². The Balaban J connectivity index is 1.34. The number of fused-ring (bicyclic) bond motifs is 1. The molecule has 0 fully saturated rings. The highest BCUT2D eigenvalue weighted by Crippen LogP contribution is 2.22. The minimum absolute atomic E-state index is 0.0585. The summed E-state index contributed by atoms with van der Waals surface area (Å²) < 4.78 is 1.19. The number of anilines is 1. The molecule has 2 aromatic carbocycles. The summed E-state index contributed by atoms with van der Waals surface area (Å²) in [4.78, 5) is 28.4. The van der Waals surface area contributed by atoms with Crippen molar-refractivity contribution in [3.05, 3.63) is 59.1 Å². The van der Waals surface area contributed by atoms with Crippen LogP contribution in [0.25, 0.3) is 10.2 Å². The Morgan fingerprint density at radius 2 is 1.93 bits per heavy atom. The van der Waals surface area contributed by atoms with Crippen LogP contribution in [-0.2, 0) is 16.0 Å². The van der Waals surface area contributed by atoms with Crippen LogP contribution in [0.4, 0.5) is 5.69 Å². The average Bonchev–Trinajstić information content (AvgIpc) is 3.12. The standard InChI is InChI=1S/C22H21N3O2S/c1-2-16-8-7-9-17(14-16)24-21(27)15-23-20(26)12-5-6-13-22-25-18-10-3-4-11-19(18)28-22/h1,3-4,7-11,14H,5-6,12-13,15H2,(H,23,26)(H,24,27). The fourth-order valence-electron chi connectivity index (χ4n) is 2.75. The number of thiazole rings is 1. The summed E-state index contributed by atoms with van der Waals surface area (Å²) >= 11 is 1.70. The molecular weight excluding hydrogens is 370 g/mol. The molecule has 6 heteroatoms. The lowest BCUT2D eigenvalue weighted by Gasteiger charge is -2.07. The van der Waals surface area contributed by atoms with Crippen LogP contribution < -0.4 is 10.6 Å². The first-order valence-corrected chi connectivity index (χ1v) is 9.93. The van der Waals surface area contributed by atoms with Crippen molar-refractivity contribution in [3.63, 3.8) is 0 Å². The Bertz CT molecular complexity index is 987. The Kier molecular flexibility index (Phi) is 6.77. The zero-order valence-corrected chi connectivity index (χ0v) is 16.2. The van der Waals surface area contributed by atoms with Gasteiger partial charge in [0.2, 0.25) is 11.8 Å². The van der Waals surface area contributed by atoms with Gasteiger partial charge in [-0.3, -0.25) is 9.59 Å². The molecule has 0 aliphatic carbocycles. The third-order valence-corrected chi connectivity index (χ3v) is 5.24. The Morgan fingerprint density at radius 3 is 2.75 bits per heavy atom. The number of para-hydroxylation sites is 1. The number of amides is 2. The molecule has 0 unspecified atom stereocenters. The predicted molar refractivity (Wildman–Crippen MR) is 113 cm³/mol. The van der Waals surface area contributed by atoms with E-state index in [0.717, 1.165) is 29.8 Å². The van der Waals surface area contributed by atoms with Gasteiger partial charge in [-0.25, -0.2) is 4.98 Å². The number of nitrogens with zero attached hydrogens (tertiary/aromatic N) is 1. The minimum Gasteiger partial charge on any atom is -0.347 e. The number of unbranched alkanes of at least 4 members (excludes halogenated alkanes) is 1. The Morgan fingerprint density at radius 1 is 1.07 bits per heavy atom. The van der Waals surface area contributed by atoms with E-state index >= 15 is 0 Å². The van der Waals surface area contributed by atoms with Crippen molar-refractivity contribution in [3.8, 4) is 12.3 Å². The predicted octanol–water partition coefficient (Wildman–Crippen LogP) is 3.75. The van der Waals surface area contributed by atoms with Crippen LogP contribution in [0, 0.1) is 12.3 Å². The highest BCUT2D eigenvalue weighted by atomic mass is 32.1. The van der Waals surface area contributed by atoms with Crippen molar-refractivity contribution >= 4 is 39.1 Å². The van der Waals surface area contributed by atoms with Crippen molar-refractivity contribution in [2.45, 2.75) is 25.7 Å². The van der Waals surface area contributed by atoms with Gasteiger partial charge in [-0.2, -0.15) is 0 Å². The number of aromatic nitrogens is 1. The minimum atomic E-state index is -0.281. The van der Waals surface area contributed by atoms with Gasteiger partial charge in [0, 0.05) is 17.7 Å². The lowest BCUT2D eigenvalue weighted by molar-refractivity contribution is -0.124. The molecule has 0 spiro atoms. The number of aryl methyl sites for hydroxylation is 1. The molecule has 2 amide bonds. The molecule has 0 bridgehead atoms. The van der Waals surface area contributed by atoms with Gasteiger partial charge in [0.15, 0.2) is 0 Å². The Labute approximate surface area is 168 Å². The summed E-state index contributed by atoms with van der Waals surface area (Å²) in [7, 11) is 0. The van der Waals surface area contributed by atoms with Gasteiger partial charge >= 0.3 is 0 Å². The fourth-order valence-corrected chi connectivity index (χ4v) is 3.76. The summed E-state index contributed by atoms with van der Waals surface area (Å²) in [6.45, 7) is -0.0585. The van der Waals surface area contributed by atoms with E-state index in [9.17, 15) is 9.59 Å². The van der Waals surface area contributed by atoms with Crippen molar-refractivity contribution in [2.75, 3.05) is 11.9 Å². The molecular formula is C22H21N3O2S. The molecule has 3 aromatic rings. The fraction of sp³-hybridized carbons (Fsp3) is 0.227. The number of hydrogen-bond donors (Lipinski definition) is 2. The van der Waals surface area contributed by atoms with Gasteiger partial charge in [-0.1, -0.05) is 24.1 Å². The zero-order chi connectivity index (χ0) is 19.8. The van der Waals surface area contributed by atoms with Crippen LogP contribution >= 0.6 is 11.3 Å². The molecule has 0 radical (unpaired) electrons. The highest BCUT2D eigenvalue weighted by molar-refractivity contribution is 7.18. The van der Waals surface area contributed by atoms with Gasteiger partial charge in [0.1, 0.15) is 0 Å². The van der Waals surface area contributed by atoms with Crippen molar-refractivity contribution in [2.24, 2.45) is 0 Å². The molecule has 1 heterocycles. The molecule has 0 atom stereocenters. The first-order valence-electron chi connectivity index (χ1n) is 9.12. The molecule has 3 rings (SSSR count). The normalized spacial score (nSPS) is 10.4. The number of carbonyl (C=O) groups is 2.